The lowest BCUT2D eigenvalue weighted by atomic mass is 9.77. The van der Waals surface area contributed by atoms with Gasteiger partial charge in [0.25, 0.3) is 0 Å². The summed E-state index contributed by atoms with van der Waals surface area (Å²) in [5.41, 5.74) is -4.37. The van der Waals surface area contributed by atoms with E-state index in [9.17, 15) is 30.3 Å². The van der Waals surface area contributed by atoms with Gasteiger partial charge in [-0.15, -0.1) is 6.61 Å². The van der Waals surface area contributed by atoms with Crippen LogP contribution in [0.2, 0.25) is 0 Å². The minimum atomic E-state index is -1.80. The number of carbonyl (C=O) groups excluding carboxylic acids is 1. The van der Waals surface area contributed by atoms with Crippen LogP contribution in [0.5, 0.6) is 0 Å². The third-order valence-electron chi connectivity index (χ3n) is 12.2. The summed E-state index contributed by atoms with van der Waals surface area (Å²) < 4.78 is 37.5. The molecule has 0 aliphatic carbocycles. The predicted molar refractivity (Wildman–Crippen MR) is 205 cm³/mol. The molecule has 0 aromatic heterocycles. The molecule has 18 atom stereocenters. The summed E-state index contributed by atoms with van der Waals surface area (Å²) in [4.78, 5) is 18.0. The lowest BCUT2D eigenvalue weighted by Gasteiger charge is -2.48. The molecule has 5 N–H and O–H groups in total. The molecular formula is C40H77N2O13-. The third kappa shape index (κ3) is 12.2. The van der Waals surface area contributed by atoms with Crippen LogP contribution in [0.4, 0.5) is 0 Å². The maximum Gasteiger partial charge on any atom is 0.311 e. The molecule has 0 radical (unpaired) electrons. The lowest BCUT2D eigenvalue weighted by molar-refractivity contribution is -0.361. The predicted octanol–water partition coefficient (Wildman–Crippen LogP) is 1.27. The number of cyclic esters (lactones) is 1. The summed E-state index contributed by atoms with van der Waals surface area (Å²) in [5, 5.41) is 67.1. The van der Waals surface area contributed by atoms with Gasteiger partial charge in [0.1, 0.15) is 30.0 Å². The van der Waals surface area contributed by atoms with Crippen molar-refractivity contribution in [2.45, 2.75) is 192 Å². The second kappa shape index (κ2) is 20.8. The van der Waals surface area contributed by atoms with Gasteiger partial charge in [-0.05, 0) is 94.8 Å². The Morgan fingerprint density at radius 1 is 0.945 bits per heavy atom. The number of esters is 1. The van der Waals surface area contributed by atoms with E-state index in [0.29, 0.717) is 13.0 Å². The minimum Gasteiger partial charge on any atom is -0.855 e. The Kier molecular flexibility index (Phi) is 18.9. The molecule has 3 aliphatic rings. The molecule has 3 rings (SSSR count). The number of ether oxygens (including phenoxy) is 6. The van der Waals surface area contributed by atoms with Gasteiger partial charge in [0.15, 0.2) is 12.6 Å². The van der Waals surface area contributed by atoms with Crippen LogP contribution in [0.15, 0.2) is 0 Å². The summed E-state index contributed by atoms with van der Waals surface area (Å²) in [5.74, 6) is -2.58. The monoisotopic (exact) mass is 794 g/mol. The summed E-state index contributed by atoms with van der Waals surface area (Å²) in [6.07, 6.45) is -8.19. The van der Waals surface area contributed by atoms with E-state index in [4.69, 9.17) is 33.5 Å². The number of likely N-dealkylation sites (N-methyl/N-ethyl adjacent to an activating group) is 2. The highest BCUT2D eigenvalue weighted by Gasteiger charge is 2.52. The van der Waals surface area contributed by atoms with Crippen molar-refractivity contribution in [3.05, 3.63) is 0 Å². The summed E-state index contributed by atoms with van der Waals surface area (Å²) in [6, 6.07) is -0.808. The topological polar surface area (TPSA) is 203 Å². The molecule has 3 heterocycles. The molecule has 3 saturated heterocycles. The summed E-state index contributed by atoms with van der Waals surface area (Å²) >= 11 is 0. The molecular weight excluding hydrogens is 716 g/mol. The second-order valence-electron chi connectivity index (χ2n) is 17.5. The zero-order chi connectivity index (χ0) is 42.4. The molecule has 326 valence electrons. The lowest BCUT2D eigenvalue weighted by Crippen LogP contribution is -2.60. The zero-order valence-electron chi connectivity index (χ0n) is 36.3. The van der Waals surface area contributed by atoms with Crippen molar-refractivity contribution in [1.82, 2.24) is 9.80 Å². The van der Waals surface area contributed by atoms with Gasteiger partial charge in [0.05, 0.1) is 41.5 Å². The van der Waals surface area contributed by atoms with E-state index in [0.717, 1.165) is 0 Å². The average molecular weight is 794 g/mol. The largest absolute Gasteiger partial charge is 0.855 e. The van der Waals surface area contributed by atoms with Crippen LogP contribution in [0.3, 0.4) is 0 Å². The van der Waals surface area contributed by atoms with Crippen molar-refractivity contribution in [1.29, 1.82) is 0 Å². The smallest absolute Gasteiger partial charge is 0.311 e. The highest BCUT2D eigenvalue weighted by Crippen LogP contribution is 2.40. The van der Waals surface area contributed by atoms with Gasteiger partial charge in [0.2, 0.25) is 0 Å². The van der Waals surface area contributed by atoms with Crippen molar-refractivity contribution < 1.29 is 63.9 Å². The molecule has 15 heteroatoms. The molecule has 0 saturated carbocycles. The van der Waals surface area contributed by atoms with Gasteiger partial charge in [-0.2, -0.15) is 0 Å². The van der Waals surface area contributed by atoms with Crippen molar-refractivity contribution in [3.63, 3.8) is 0 Å². The zero-order valence-corrected chi connectivity index (χ0v) is 36.3. The fourth-order valence-corrected chi connectivity index (χ4v) is 8.74. The summed E-state index contributed by atoms with van der Waals surface area (Å²) in [6.45, 7) is 19.6. The van der Waals surface area contributed by atoms with Crippen LogP contribution >= 0.6 is 0 Å². The molecule has 0 aromatic rings. The first-order valence-electron chi connectivity index (χ1n) is 20.1. The van der Waals surface area contributed by atoms with E-state index in [2.05, 4.69) is 0 Å². The maximum absolute atomic E-state index is 14.2. The van der Waals surface area contributed by atoms with Crippen LogP contribution in [-0.2, 0) is 33.2 Å². The molecule has 3 fully saturated rings. The molecule has 0 unspecified atom stereocenters. The van der Waals surface area contributed by atoms with Crippen LogP contribution in [0.1, 0.15) is 102 Å². The van der Waals surface area contributed by atoms with E-state index in [1.54, 1.807) is 48.5 Å². The quantitative estimate of drug-likeness (QED) is 0.231. The average Bonchev–Trinajstić information content (AvgIpc) is 3.09. The van der Waals surface area contributed by atoms with Crippen molar-refractivity contribution in [3.8, 4) is 0 Å². The van der Waals surface area contributed by atoms with E-state index < -0.39 is 96.0 Å². The van der Waals surface area contributed by atoms with Crippen molar-refractivity contribution in [2.24, 2.45) is 17.8 Å². The Labute approximate surface area is 330 Å². The first-order chi connectivity index (χ1) is 25.3. The Hall–Kier alpha value is -1.05. The minimum absolute atomic E-state index is 0. The second-order valence-corrected chi connectivity index (χ2v) is 17.5. The Morgan fingerprint density at radius 3 is 2.05 bits per heavy atom. The van der Waals surface area contributed by atoms with Crippen molar-refractivity contribution >= 4 is 5.97 Å². The number of hydrogen-bond donors (Lipinski definition) is 5. The standard InChI is InChI=1S/C38H72N2O12.C2H5O/c1-15-27-38(10,46)31(42)24(6)40(13)19-20(2)17-36(8,45)33(52-35-29(41)26(39(11)12)16-21(3)48-35)22(4)30(23(5)34(44)50-27)51-28-18-37(9,47-14)32(43)25(7)49-28;1-2-3/h20-33,35,41-43,45-46H,15-19H2,1-14H3;2H2,1H3/q;-1/t20-,21-,22+,23-,24-,25+,26+,27-,28+,29-,30+,31-,32+,33-,35+,36-,37-,38-;/m1./s1. The van der Waals surface area contributed by atoms with E-state index in [1.807, 2.05) is 51.7 Å². The number of carbonyl (C=O) groups is 1. The van der Waals surface area contributed by atoms with E-state index in [-0.39, 0.29) is 43.9 Å². The van der Waals surface area contributed by atoms with Gasteiger partial charge in [-0.3, -0.25) is 4.79 Å². The fourth-order valence-electron chi connectivity index (χ4n) is 8.74. The number of hydrogen-bond acceptors (Lipinski definition) is 15. The van der Waals surface area contributed by atoms with E-state index >= 15 is 0 Å². The van der Waals surface area contributed by atoms with Gasteiger partial charge < -0.3 is 68.9 Å². The molecule has 0 amide bonds. The maximum atomic E-state index is 14.2. The van der Waals surface area contributed by atoms with Crippen LogP contribution in [-0.4, -0.2) is 173 Å². The third-order valence-corrected chi connectivity index (χ3v) is 12.2. The van der Waals surface area contributed by atoms with Gasteiger partial charge in [0, 0.05) is 38.1 Å². The van der Waals surface area contributed by atoms with Gasteiger partial charge in [-0.25, -0.2) is 0 Å². The molecule has 3 aliphatic heterocycles. The van der Waals surface area contributed by atoms with Gasteiger partial charge >= 0.3 is 5.97 Å². The first kappa shape index (κ1) is 50.1. The number of rotatable bonds is 7. The normalized spacial score (nSPS) is 47.2. The highest BCUT2D eigenvalue weighted by molar-refractivity contribution is 5.73. The molecule has 15 nitrogen and oxygen atoms in total. The van der Waals surface area contributed by atoms with E-state index in [1.165, 1.54) is 14.0 Å². The number of nitrogens with zero attached hydrogens (tertiary/aromatic N) is 2. The molecule has 0 aromatic carbocycles. The Bertz CT molecular complexity index is 1160. The number of aliphatic hydroxyl groups is 5. The molecule has 0 spiro atoms. The highest BCUT2D eigenvalue weighted by atomic mass is 16.7. The molecule has 55 heavy (non-hydrogen) atoms. The van der Waals surface area contributed by atoms with Crippen molar-refractivity contribution in [2.75, 3.05) is 41.4 Å². The fraction of sp³-hybridized carbons (Fsp3) is 0.975. The summed E-state index contributed by atoms with van der Waals surface area (Å²) in [7, 11) is 7.12. The van der Waals surface area contributed by atoms with Crippen LogP contribution in [0.25, 0.3) is 0 Å². The first-order valence-corrected chi connectivity index (χ1v) is 20.1. The SMILES string of the molecule is CC[C@H]1OC(=O)[C@H](C)[C@@H](O[C@H]2C[C@@](C)(OC)[C@@H](O)[C@H](C)O2)[C@H](C)[C@@H](O[C@@H]2O[C@H](C)C[C@H](N(C)C)[C@H]2O)[C@](C)(O)C[C@@H](C)CN(C)[C@H](C)[C@@H](O)[C@]1(C)O.CC[O-]. The van der Waals surface area contributed by atoms with Crippen LogP contribution < -0.4 is 5.11 Å². The van der Waals surface area contributed by atoms with Gasteiger partial charge in [-0.1, -0.05) is 27.7 Å². The Morgan fingerprint density at radius 2 is 1.53 bits per heavy atom. The molecule has 0 bridgehead atoms. The Balaban J connectivity index is 0.00000337. The van der Waals surface area contributed by atoms with Crippen LogP contribution in [0, 0.1) is 17.8 Å². The number of aliphatic hydroxyl groups excluding tert-OH is 3. The number of methoxy groups -OCH3 is 1.